The molecule has 8 rings (SSSR count). The van der Waals surface area contributed by atoms with Gasteiger partial charge in [0.05, 0.1) is 69.3 Å². The summed E-state index contributed by atoms with van der Waals surface area (Å²) in [4.78, 5) is 65.5. The molecule has 484 valence electrons. The van der Waals surface area contributed by atoms with E-state index in [0.29, 0.717) is 62.8 Å². The van der Waals surface area contributed by atoms with Gasteiger partial charge in [0, 0.05) is 40.3 Å². The minimum Gasteiger partial charge on any atom is -0.335 e. The third kappa shape index (κ3) is 14.1. The molecule has 6 amide bonds. The number of hydrogen-bond donors (Lipinski definition) is 0. The summed E-state index contributed by atoms with van der Waals surface area (Å²) in [6, 6.07) is 12.0. The zero-order chi connectivity index (χ0) is 66.6. The van der Waals surface area contributed by atoms with Crippen molar-refractivity contribution in [1.82, 2.24) is 29.4 Å². The highest BCUT2D eigenvalue weighted by Crippen LogP contribution is 2.52. The van der Waals surface area contributed by atoms with Gasteiger partial charge in [-0.3, -0.25) is 9.59 Å². The summed E-state index contributed by atoms with van der Waals surface area (Å²) in [6.45, 7) is 27.1. The van der Waals surface area contributed by atoms with Crippen molar-refractivity contribution in [1.29, 1.82) is 0 Å². The van der Waals surface area contributed by atoms with Crippen LogP contribution in [0.4, 0.5) is 62.3 Å². The molecule has 22 heteroatoms. The zero-order valence-electron chi connectivity index (χ0n) is 50.6. The smallest absolute Gasteiger partial charge is 0.335 e. The van der Waals surface area contributed by atoms with Crippen LogP contribution in [0.15, 0.2) is 161 Å². The van der Waals surface area contributed by atoms with Gasteiger partial charge in [0.2, 0.25) is 11.8 Å². The molecule has 0 saturated carbocycles. The highest BCUT2D eigenvalue weighted by atomic mass is 19.4. The van der Waals surface area contributed by atoms with Crippen LogP contribution in [-0.4, -0.2) is 106 Å². The Labute approximate surface area is 517 Å². The van der Waals surface area contributed by atoms with E-state index in [2.05, 4.69) is 39.5 Å². The first-order chi connectivity index (χ1) is 42.2. The second-order valence-electron chi connectivity index (χ2n) is 23.6. The fourth-order valence-corrected chi connectivity index (χ4v) is 13.7. The SMILES string of the molecule is C=CC[C@@H](c1cc(C(F)(F)F)cc(C(F)(F)F)c1)N(C)C(=O)N1CCN2C(=O)C(CC=C)(CC=C)C[C@H]2[C@@H]1c1ccccc1C.C=CC[C@H](c1cc(C(F)(F)F)cc(C(F)(F)F)c1)N(C)C(=O)N1CCN2C(=O)C(CC=C)(CC=C)C[C@H]2[C@@H]1c1ccccc1C. The topological polar surface area (TPSA) is 87.7 Å². The van der Waals surface area contributed by atoms with Gasteiger partial charge in [-0.25, -0.2) is 9.59 Å². The number of urea groups is 2. The summed E-state index contributed by atoms with van der Waals surface area (Å²) in [5.41, 5.74) is -4.68. The van der Waals surface area contributed by atoms with Gasteiger partial charge >= 0.3 is 36.8 Å². The van der Waals surface area contributed by atoms with Crippen LogP contribution < -0.4 is 0 Å². The molecular weight excluding hydrogens is 1190 g/mol. The van der Waals surface area contributed by atoms with Crippen molar-refractivity contribution in [2.75, 3.05) is 40.3 Å². The molecule has 6 atom stereocenters. The van der Waals surface area contributed by atoms with Crippen LogP contribution >= 0.6 is 0 Å². The summed E-state index contributed by atoms with van der Waals surface area (Å²) < 4.78 is 165. The molecular formula is C68H74F12N6O4. The number of aryl methyl sites for hydroxylation is 2. The predicted molar refractivity (Wildman–Crippen MR) is 320 cm³/mol. The van der Waals surface area contributed by atoms with Gasteiger partial charge < -0.3 is 29.4 Å². The normalized spacial score (nSPS) is 20.4. The van der Waals surface area contributed by atoms with E-state index in [1.54, 1.807) is 43.9 Å². The maximum absolute atomic E-state index is 14.4. The number of benzene rings is 4. The third-order valence-electron chi connectivity index (χ3n) is 17.9. The van der Waals surface area contributed by atoms with Crippen LogP contribution in [0.25, 0.3) is 0 Å². The Morgan fingerprint density at radius 3 is 1.03 bits per heavy atom. The molecule has 0 N–H and O–H groups in total. The Hall–Kier alpha value is -8.04. The minimum atomic E-state index is -5.04. The zero-order valence-corrected chi connectivity index (χ0v) is 50.6. The molecule has 90 heavy (non-hydrogen) atoms. The Balaban J connectivity index is 0.000000256. The van der Waals surface area contributed by atoms with Gasteiger partial charge in [0.15, 0.2) is 0 Å². The Bertz CT molecular complexity index is 3070. The quantitative estimate of drug-likeness (QED) is 0.0733. The number of amides is 6. The van der Waals surface area contributed by atoms with Crippen molar-refractivity contribution in [3.05, 3.63) is 216 Å². The standard InChI is InChI=1S/2C34H37F6N3O2/c2*1-6-11-27(23-18-24(33(35,36)37)20-25(19-23)34(38,39)40)41(5)31(45)43-17-16-42-28(29(43)26-13-10-9-12-22(26)4)21-32(14-7-2,15-8-3)30(42)44/h2*6-10,12-13,18-20,27-29H,1-3,11,14-17,21H2,4-5H3/t27-,28+,29+;27-,28-,29-/m10/s1. The van der Waals surface area contributed by atoms with Crippen LogP contribution in [0.5, 0.6) is 0 Å². The summed E-state index contributed by atoms with van der Waals surface area (Å²) in [5.74, 6) is -0.112. The van der Waals surface area contributed by atoms with Gasteiger partial charge in [-0.05, 0) is 135 Å². The first kappa shape index (κ1) is 69.4. The Morgan fingerprint density at radius 1 is 0.489 bits per heavy atom. The van der Waals surface area contributed by atoms with E-state index in [1.807, 2.05) is 62.4 Å². The average molecular weight is 1270 g/mol. The van der Waals surface area contributed by atoms with E-state index >= 15 is 0 Å². The number of fused-ring (bicyclic) bond motifs is 2. The molecule has 4 aromatic carbocycles. The van der Waals surface area contributed by atoms with E-state index in [4.69, 9.17) is 0 Å². The Morgan fingerprint density at radius 2 is 0.778 bits per heavy atom. The minimum absolute atomic E-state index is 0.0560. The van der Waals surface area contributed by atoms with Crippen LogP contribution in [0.1, 0.15) is 131 Å². The van der Waals surface area contributed by atoms with E-state index in [0.717, 1.165) is 22.3 Å². The van der Waals surface area contributed by atoms with Crippen LogP contribution in [0.3, 0.4) is 0 Å². The van der Waals surface area contributed by atoms with Crippen molar-refractivity contribution in [3.63, 3.8) is 0 Å². The molecule has 0 spiro atoms. The van der Waals surface area contributed by atoms with Gasteiger partial charge in [-0.2, -0.15) is 52.7 Å². The van der Waals surface area contributed by atoms with Crippen molar-refractivity contribution in [2.24, 2.45) is 10.8 Å². The number of nitrogens with zero attached hydrogens (tertiary/aromatic N) is 6. The van der Waals surface area contributed by atoms with Crippen molar-refractivity contribution in [3.8, 4) is 0 Å². The lowest BCUT2D eigenvalue weighted by molar-refractivity contribution is -0.144. The van der Waals surface area contributed by atoms with Gasteiger partial charge in [-0.1, -0.05) is 85.0 Å². The number of hydrogen-bond acceptors (Lipinski definition) is 4. The number of carbonyl (C=O) groups excluding carboxylic acids is 4. The second-order valence-corrected chi connectivity index (χ2v) is 23.6. The van der Waals surface area contributed by atoms with E-state index in [-0.39, 0.29) is 74.1 Å². The van der Waals surface area contributed by atoms with Crippen molar-refractivity contribution < 1.29 is 71.9 Å². The number of rotatable bonds is 18. The molecule has 0 aliphatic carbocycles. The largest absolute Gasteiger partial charge is 0.416 e. The van der Waals surface area contributed by atoms with Crippen LogP contribution in [0.2, 0.25) is 0 Å². The number of alkyl halides is 12. The molecule has 0 aromatic heterocycles. The average Bonchev–Trinajstić information content (AvgIpc) is 1.56. The number of allylic oxidation sites excluding steroid dienone is 4. The highest BCUT2D eigenvalue weighted by Gasteiger charge is 2.58. The highest BCUT2D eigenvalue weighted by molar-refractivity contribution is 5.88. The second kappa shape index (κ2) is 27.2. The van der Waals surface area contributed by atoms with E-state index in [9.17, 15) is 71.9 Å². The lowest BCUT2D eigenvalue weighted by Gasteiger charge is -2.47. The lowest BCUT2D eigenvalue weighted by atomic mass is 9.76. The van der Waals surface area contributed by atoms with Crippen molar-refractivity contribution >= 4 is 23.9 Å². The monoisotopic (exact) mass is 1270 g/mol. The predicted octanol–water partition coefficient (Wildman–Crippen LogP) is 17.0. The van der Waals surface area contributed by atoms with Gasteiger partial charge in [0.1, 0.15) is 0 Å². The summed E-state index contributed by atoms with van der Waals surface area (Å²) in [5, 5.41) is 0. The molecule has 0 bridgehead atoms. The number of halogens is 12. The summed E-state index contributed by atoms with van der Waals surface area (Å²) in [6.07, 6.45) is -8.37. The lowest BCUT2D eigenvalue weighted by Crippen LogP contribution is -2.57. The van der Waals surface area contributed by atoms with Gasteiger partial charge in [0.25, 0.3) is 0 Å². The maximum Gasteiger partial charge on any atom is 0.416 e. The number of piperazine rings is 2. The fraction of sp³-hybridized carbons (Fsp3) is 0.412. The molecule has 0 radical (unpaired) electrons. The summed E-state index contributed by atoms with van der Waals surface area (Å²) >= 11 is 0. The van der Waals surface area contributed by atoms with Gasteiger partial charge in [-0.15, -0.1) is 39.5 Å². The van der Waals surface area contributed by atoms with Crippen molar-refractivity contribution in [2.45, 2.75) is 126 Å². The molecule has 10 nitrogen and oxygen atoms in total. The molecule has 4 heterocycles. The molecule has 4 aliphatic rings. The molecule has 4 aliphatic heterocycles. The van der Waals surface area contributed by atoms with E-state index in [1.165, 1.54) is 36.0 Å². The van der Waals surface area contributed by atoms with Crippen LogP contribution in [0, 0.1) is 24.7 Å². The molecule has 4 saturated heterocycles. The first-order valence-electron chi connectivity index (χ1n) is 29.2. The fourth-order valence-electron chi connectivity index (χ4n) is 13.7. The number of carbonyl (C=O) groups is 4. The van der Waals surface area contributed by atoms with E-state index < -0.39 is 106 Å². The Kier molecular flexibility index (Phi) is 21.0. The first-order valence-corrected chi connectivity index (χ1v) is 29.2. The molecule has 4 aromatic rings. The van der Waals surface area contributed by atoms with Crippen LogP contribution in [-0.2, 0) is 34.3 Å². The molecule has 0 unspecified atom stereocenters. The molecule has 4 fully saturated rings. The maximum atomic E-state index is 14.4. The third-order valence-corrected chi connectivity index (χ3v) is 17.9. The summed E-state index contributed by atoms with van der Waals surface area (Å²) in [7, 11) is 2.73.